The molecule has 1 unspecified atom stereocenters. The van der Waals surface area contributed by atoms with Gasteiger partial charge in [0.15, 0.2) is 0 Å². The van der Waals surface area contributed by atoms with Crippen molar-refractivity contribution >= 4 is 0 Å². The highest BCUT2D eigenvalue weighted by atomic mass is 15.3. The number of benzene rings is 1. The van der Waals surface area contributed by atoms with Gasteiger partial charge in [-0.25, -0.2) is 4.98 Å². The van der Waals surface area contributed by atoms with Gasteiger partial charge in [0.1, 0.15) is 12.2 Å². The second-order valence-corrected chi connectivity index (χ2v) is 5.50. The van der Waals surface area contributed by atoms with Crippen LogP contribution in [0.25, 0.3) is 0 Å². The van der Waals surface area contributed by atoms with E-state index in [0.29, 0.717) is 6.04 Å². The molecule has 0 aliphatic heterocycles. The Morgan fingerprint density at radius 1 is 1.30 bits per heavy atom. The maximum Gasteiger partial charge on any atom is 0.138 e. The lowest BCUT2D eigenvalue weighted by atomic mass is 9.98. The van der Waals surface area contributed by atoms with Crippen molar-refractivity contribution in [2.75, 3.05) is 6.54 Å². The summed E-state index contributed by atoms with van der Waals surface area (Å²) in [6.45, 7) is 3.11. The molecule has 0 bridgehead atoms. The lowest BCUT2D eigenvalue weighted by Gasteiger charge is -2.19. The summed E-state index contributed by atoms with van der Waals surface area (Å²) in [5.41, 5.74) is 4.43. The standard InChI is InChI=1S/C16H22N4/c1-3-17-15(10-16-18-11-19-20(16)2)14-8-7-12-5-4-6-13(12)9-14/h7-9,11,15,17H,3-6,10H2,1-2H3. The fourth-order valence-electron chi connectivity index (χ4n) is 3.05. The summed E-state index contributed by atoms with van der Waals surface area (Å²) in [5.74, 6) is 1.02. The van der Waals surface area contributed by atoms with Gasteiger partial charge in [0.25, 0.3) is 0 Å². The average molecular weight is 270 g/mol. The van der Waals surface area contributed by atoms with Crippen LogP contribution < -0.4 is 5.32 Å². The van der Waals surface area contributed by atoms with Crippen molar-refractivity contribution in [1.29, 1.82) is 0 Å². The van der Waals surface area contributed by atoms with Crippen molar-refractivity contribution in [2.24, 2.45) is 7.05 Å². The first-order chi connectivity index (χ1) is 9.78. The zero-order valence-electron chi connectivity index (χ0n) is 12.3. The van der Waals surface area contributed by atoms with E-state index in [9.17, 15) is 0 Å². The van der Waals surface area contributed by atoms with E-state index in [0.717, 1.165) is 18.8 Å². The molecule has 4 nitrogen and oxygen atoms in total. The minimum Gasteiger partial charge on any atom is -0.310 e. The molecule has 0 saturated heterocycles. The summed E-state index contributed by atoms with van der Waals surface area (Å²) in [6, 6.07) is 7.27. The highest BCUT2D eigenvalue weighted by molar-refractivity contribution is 5.36. The molecule has 1 aliphatic carbocycles. The van der Waals surface area contributed by atoms with Crippen molar-refractivity contribution < 1.29 is 0 Å². The monoisotopic (exact) mass is 270 g/mol. The largest absolute Gasteiger partial charge is 0.310 e. The van der Waals surface area contributed by atoms with Crippen LogP contribution in [-0.2, 0) is 26.3 Å². The third kappa shape index (κ3) is 2.61. The SMILES string of the molecule is CCNC(Cc1ncnn1C)c1ccc2c(c1)CCC2. The molecule has 0 fully saturated rings. The van der Waals surface area contributed by atoms with E-state index in [2.05, 4.69) is 40.5 Å². The molecule has 1 N–H and O–H groups in total. The predicted molar refractivity (Wildman–Crippen MR) is 79.6 cm³/mol. The van der Waals surface area contributed by atoms with Gasteiger partial charge in [-0.05, 0) is 42.5 Å². The average Bonchev–Trinajstić information content (AvgIpc) is 3.06. The molecule has 0 spiro atoms. The number of likely N-dealkylation sites (N-methyl/N-ethyl adjacent to an activating group) is 1. The van der Waals surface area contributed by atoms with Crippen molar-refractivity contribution in [2.45, 2.75) is 38.6 Å². The fraction of sp³-hybridized carbons (Fsp3) is 0.500. The van der Waals surface area contributed by atoms with E-state index in [4.69, 9.17) is 0 Å². The first kappa shape index (κ1) is 13.3. The number of nitrogens with one attached hydrogen (secondary N) is 1. The molecule has 1 heterocycles. The van der Waals surface area contributed by atoms with Crippen LogP contribution in [0.3, 0.4) is 0 Å². The first-order valence-corrected chi connectivity index (χ1v) is 7.46. The van der Waals surface area contributed by atoms with Gasteiger partial charge in [-0.1, -0.05) is 25.1 Å². The van der Waals surface area contributed by atoms with E-state index in [1.54, 1.807) is 6.33 Å². The fourth-order valence-corrected chi connectivity index (χ4v) is 3.05. The van der Waals surface area contributed by atoms with Gasteiger partial charge in [-0.15, -0.1) is 0 Å². The molecule has 20 heavy (non-hydrogen) atoms. The number of aromatic nitrogens is 3. The number of nitrogens with zero attached hydrogens (tertiary/aromatic N) is 3. The smallest absolute Gasteiger partial charge is 0.138 e. The van der Waals surface area contributed by atoms with E-state index in [1.165, 1.54) is 36.0 Å². The van der Waals surface area contributed by atoms with Crippen LogP contribution in [0.2, 0.25) is 0 Å². The third-order valence-corrected chi connectivity index (χ3v) is 4.17. The Hall–Kier alpha value is -1.68. The number of rotatable bonds is 5. The van der Waals surface area contributed by atoms with Crippen LogP contribution in [0.1, 0.15) is 41.9 Å². The number of hydrogen-bond donors (Lipinski definition) is 1. The Bertz CT molecular complexity index is 588. The Balaban J connectivity index is 1.84. The molecular formula is C16H22N4. The Morgan fingerprint density at radius 2 is 2.15 bits per heavy atom. The van der Waals surface area contributed by atoms with Crippen LogP contribution in [0, 0.1) is 0 Å². The van der Waals surface area contributed by atoms with Gasteiger partial charge in [0.05, 0.1) is 0 Å². The van der Waals surface area contributed by atoms with E-state index >= 15 is 0 Å². The number of fused-ring (bicyclic) bond motifs is 1. The second kappa shape index (κ2) is 5.75. The Morgan fingerprint density at radius 3 is 2.90 bits per heavy atom. The zero-order valence-corrected chi connectivity index (χ0v) is 12.3. The molecule has 1 aliphatic rings. The van der Waals surface area contributed by atoms with Crippen molar-refractivity contribution in [1.82, 2.24) is 20.1 Å². The molecule has 1 aromatic carbocycles. The van der Waals surface area contributed by atoms with Gasteiger partial charge < -0.3 is 5.32 Å². The lowest BCUT2D eigenvalue weighted by molar-refractivity contribution is 0.522. The normalized spacial score (nSPS) is 15.3. The topological polar surface area (TPSA) is 42.7 Å². The molecule has 3 rings (SSSR count). The summed E-state index contributed by atoms with van der Waals surface area (Å²) >= 11 is 0. The second-order valence-electron chi connectivity index (χ2n) is 5.50. The summed E-state index contributed by atoms with van der Waals surface area (Å²) in [7, 11) is 1.95. The van der Waals surface area contributed by atoms with Crippen molar-refractivity contribution in [3.63, 3.8) is 0 Å². The van der Waals surface area contributed by atoms with Gasteiger partial charge in [-0.2, -0.15) is 5.10 Å². The van der Waals surface area contributed by atoms with E-state index in [1.807, 2.05) is 11.7 Å². The molecule has 2 aromatic rings. The molecule has 0 saturated carbocycles. The number of hydrogen-bond acceptors (Lipinski definition) is 3. The van der Waals surface area contributed by atoms with Crippen LogP contribution in [0.5, 0.6) is 0 Å². The minimum absolute atomic E-state index is 0.314. The van der Waals surface area contributed by atoms with Crippen LogP contribution in [-0.4, -0.2) is 21.3 Å². The van der Waals surface area contributed by atoms with E-state index in [-0.39, 0.29) is 0 Å². The molecule has 0 amide bonds. The predicted octanol–water partition coefficient (Wildman–Crippen LogP) is 2.20. The summed E-state index contributed by atoms with van der Waals surface area (Å²) in [6.07, 6.45) is 6.27. The summed E-state index contributed by atoms with van der Waals surface area (Å²) < 4.78 is 1.86. The maximum atomic E-state index is 4.35. The Labute approximate surface area is 120 Å². The van der Waals surface area contributed by atoms with Crippen molar-refractivity contribution in [3.05, 3.63) is 47.0 Å². The van der Waals surface area contributed by atoms with Gasteiger partial charge >= 0.3 is 0 Å². The molecule has 4 heteroatoms. The van der Waals surface area contributed by atoms with Gasteiger partial charge in [0.2, 0.25) is 0 Å². The van der Waals surface area contributed by atoms with E-state index < -0.39 is 0 Å². The molecule has 0 radical (unpaired) electrons. The maximum absolute atomic E-state index is 4.35. The molecular weight excluding hydrogens is 248 g/mol. The van der Waals surface area contributed by atoms with Crippen LogP contribution >= 0.6 is 0 Å². The number of aryl methyl sites for hydroxylation is 3. The third-order valence-electron chi connectivity index (χ3n) is 4.17. The van der Waals surface area contributed by atoms with Crippen LogP contribution in [0.15, 0.2) is 24.5 Å². The van der Waals surface area contributed by atoms with Gasteiger partial charge in [0, 0.05) is 19.5 Å². The van der Waals surface area contributed by atoms with Crippen molar-refractivity contribution in [3.8, 4) is 0 Å². The van der Waals surface area contributed by atoms with Crippen LogP contribution in [0.4, 0.5) is 0 Å². The minimum atomic E-state index is 0.314. The van der Waals surface area contributed by atoms with Gasteiger partial charge in [-0.3, -0.25) is 4.68 Å². The lowest BCUT2D eigenvalue weighted by Crippen LogP contribution is -2.24. The zero-order chi connectivity index (χ0) is 13.9. The molecule has 1 atom stereocenters. The highest BCUT2D eigenvalue weighted by Gasteiger charge is 2.17. The summed E-state index contributed by atoms with van der Waals surface area (Å²) in [4.78, 5) is 4.35. The Kier molecular flexibility index (Phi) is 3.83. The quantitative estimate of drug-likeness (QED) is 0.905. The molecule has 106 valence electrons. The first-order valence-electron chi connectivity index (χ1n) is 7.46. The molecule has 1 aromatic heterocycles. The highest BCUT2D eigenvalue weighted by Crippen LogP contribution is 2.26. The summed E-state index contributed by atoms with van der Waals surface area (Å²) in [5, 5.41) is 7.73.